The van der Waals surface area contributed by atoms with Crippen molar-refractivity contribution in [3.63, 3.8) is 0 Å². The van der Waals surface area contributed by atoms with E-state index >= 15 is 0 Å². The molecular weight excluding hydrogens is 410 g/mol. The first-order valence-electron chi connectivity index (χ1n) is 11.1. The van der Waals surface area contributed by atoms with Gasteiger partial charge in [0, 0.05) is 18.1 Å². The van der Waals surface area contributed by atoms with E-state index in [1.54, 1.807) is 7.11 Å². The lowest BCUT2D eigenvalue weighted by Gasteiger charge is -2.14. The average molecular weight is 452 g/mol. The Hall–Kier alpha value is -1.70. The highest BCUT2D eigenvalue weighted by atomic mass is 32.1. The molecule has 3 rings (SSSR count). The molecule has 0 bridgehead atoms. The van der Waals surface area contributed by atoms with Gasteiger partial charge >= 0.3 is 0 Å². The lowest BCUT2D eigenvalue weighted by atomic mass is 10.1. The minimum Gasteiger partial charge on any atom is -0.492 e. The number of nitrogen functional groups attached to an aromatic ring is 1. The number of anilines is 1. The van der Waals surface area contributed by atoms with Crippen molar-refractivity contribution < 1.29 is 14.3 Å². The van der Waals surface area contributed by atoms with Crippen LogP contribution >= 0.6 is 11.3 Å². The first-order valence-corrected chi connectivity index (χ1v) is 11.9. The summed E-state index contributed by atoms with van der Waals surface area (Å²) >= 11 is 1.32. The van der Waals surface area contributed by atoms with E-state index in [1.807, 2.05) is 41.5 Å². The lowest BCUT2D eigenvalue weighted by Crippen LogP contribution is -2.18. The van der Waals surface area contributed by atoms with E-state index < -0.39 is 0 Å². The minimum absolute atomic E-state index is 0.0417. The summed E-state index contributed by atoms with van der Waals surface area (Å²) in [6.45, 7) is 15.1. The van der Waals surface area contributed by atoms with E-state index in [2.05, 4.69) is 16.9 Å². The second kappa shape index (κ2) is 13.0. The number of ether oxygens (including phenoxy) is 2. The summed E-state index contributed by atoms with van der Waals surface area (Å²) in [6.07, 6.45) is 6.50. The fourth-order valence-corrected chi connectivity index (χ4v) is 4.17. The number of nitrogens with two attached hydrogens (primary N) is 1. The fourth-order valence-electron chi connectivity index (χ4n) is 3.15. The van der Waals surface area contributed by atoms with Crippen LogP contribution in [0.5, 0.6) is 5.75 Å². The van der Waals surface area contributed by atoms with Crippen molar-refractivity contribution >= 4 is 33.5 Å². The molecule has 0 aliphatic carbocycles. The van der Waals surface area contributed by atoms with Crippen LogP contribution in [0.4, 0.5) is 5.69 Å². The molecule has 1 aliphatic rings. The molecule has 2 aromatic heterocycles. The maximum absolute atomic E-state index is 10.9. The van der Waals surface area contributed by atoms with Crippen molar-refractivity contribution in [2.75, 3.05) is 39.6 Å². The number of fused-ring (bicyclic) bond motifs is 1. The molecule has 176 valence electrons. The number of pyridine rings is 1. The summed E-state index contributed by atoms with van der Waals surface area (Å²) in [5, 5.41) is 0.839. The number of thiophene rings is 1. The van der Waals surface area contributed by atoms with Crippen LogP contribution < -0.4 is 10.5 Å². The topological polar surface area (TPSA) is 77.7 Å². The lowest BCUT2D eigenvalue weighted by molar-refractivity contribution is 0.0397. The third-order valence-corrected chi connectivity index (χ3v) is 6.13. The highest BCUT2D eigenvalue weighted by Gasteiger charge is 2.17. The summed E-state index contributed by atoms with van der Waals surface area (Å²) in [5.74, 6) is 0.766. The molecule has 1 saturated heterocycles. The Morgan fingerprint density at radius 3 is 2.16 bits per heavy atom. The van der Waals surface area contributed by atoms with E-state index in [1.165, 1.54) is 50.1 Å². The maximum Gasteiger partial charge on any atom is 0.162 e. The number of nitrogens with zero attached hydrogens (tertiary/aromatic N) is 2. The smallest absolute Gasteiger partial charge is 0.162 e. The van der Waals surface area contributed by atoms with Crippen LogP contribution in [0.2, 0.25) is 0 Å². The van der Waals surface area contributed by atoms with Gasteiger partial charge in [0.25, 0.3) is 0 Å². The Labute approximate surface area is 192 Å². The van der Waals surface area contributed by atoms with E-state index in [4.69, 9.17) is 15.2 Å². The normalized spacial score (nSPS) is 14.7. The first kappa shape index (κ1) is 27.3. The Bertz CT molecular complexity index is 820. The third-order valence-electron chi connectivity index (χ3n) is 5.11. The Kier molecular flexibility index (Phi) is 11.5. The molecule has 0 amide bonds. The van der Waals surface area contributed by atoms with Gasteiger partial charge in [0.1, 0.15) is 10.6 Å². The SMILES string of the molecule is CCOc1c(C)nc2sc(C=O)c(N)c2c1C.CN1CCCCCC1.COC(C)(C)C. The van der Waals surface area contributed by atoms with Crippen molar-refractivity contribution in [1.29, 1.82) is 0 Å². The summed E-state index contributed by atoms with van der Waals surface area (Å²) in [4.78, 5) is 19.1. The molecule has 0 atom stereocenters. The predicted molar refractivity (Wildman–Crippen MR) is 133 cm³/mol. The zero-order valence-electron chi connectivity index (χ0n) is 20.6. The summed E-state index contributed by atoms with van der Waals surface area (Å²) in [7, 11) is 3.92. The first-order chi connectivity index (χ1) is 14.6. The molecule has 6 nitrogen and oxygen atoms in total. The van der Waals surface area contributed by atoms with Gasteiger partial charge in [-0.15, -0.1) is 11.3 Å². The minimum atomic E-state index is 0.0417. The van der Waals surface area contributed by atoms with E-state index in [9.17, 15) is 4.79 Å². The van der Waals surface area contributed by atoms with E-state index in [0.29, 0.717) is 17.2 Å². The van der Waals surface area contributed by atoms with Crippen LogP contribution in [0.3, 0.4) is 0 Å². The molecule has 0 unspecified atom stereocenters. The quantitative estimate of drug-likeness (QED) is 0.609. The van der Waals surface area contributed by atoms with E-state index in [-0.39, 0.29) is 5.60 Å². The molecule has 1 fully saturated rings. The molecule has 31 heavy (non-hydrogen) atoms. The third kappa shape index (κ3) is 8.75. The van der Waals surface area contributed by atoms with E-state index in [0.717, 1.165) is 33.5 Å². The summed E-state index contributed by atoms with van der Waals surface area (Å²) in [5.41, 5.74) is 8.28. The molecule has 0 saturated carbocycles. The molecule has 2 aromatic rings. The van der Waals surface area contributed by atoms with Gasteiger partial charge in [-0.1, -0.05) is 12.8 Å². The van der Waals surface area contributed by atoms with Gasteiger partial charge < -0.3 is 20.1 Å². The number of methoxy groups -OCH3 is 1. The average Bonchev–Trinajstić information content (AvgIpc) is 2.86. The summed E-state index contributed by atoms with van der Waals surface area (Å²) in [6, 6.07) is 0. The monoisotopic (exact) mass is 451 g/mol. The predicted octanol–water partition coefficient (Wildman–Crippen LogP) is 5.63. The Balaban J connectivity index is 0.000000284. The van der Waals surface area contributed by atoms with Crippen molar-refractivity contribution in [2.24, 2.45) is 0 Å². The molecule has 1 aliphatic heterocycles. The number of carbonyl (C=O) groups excluding carboxylic acids is 1. The highest BCUT2D eigenvalue weighted by molar-refractivity contribution is 7.20. The molecule has 2 N–H and O–H groups in total. The van der Waals surface area contributed by atoms with Gasteiger partial charge in [-0.2, -0.15) is 0 Å². The van der Waals surface area contributed by atoms with Gasteiger partial charge in [-0.25, -0.2) is 4.98 Å². The van der Waals surface area contributed by atoms with Crippen molar-refractivity contribution in [1.82, 2.24) is 9.88 Å². The largest absolute Gasteiger partial charge is 0.492 e. The maximum atomic E-state index is 10.9. The number of aryl methyl sites for hydroxylation is 2. The van der Waals surface area contributed by atoms with Crippen LogP contribution in [-0.2, 0) is 4.74 Å². The number of rotatable bonds is 3. The Morgan fingerprint density at radius 2 is 1.71 bits per heavy atom. The molecule has 0 aromatic carbocycles. The fraction of sp³-hybridized carbons (Fsp3) is 0.667. The number of likely N-dealkylation sites (tertiary alicyclic amines) is 1. The summed E-state index contributed by atoms with van der Waals surface area (Å²) < 4.78 is 10.5. The highest BCUT2D eigenvalue weighted by Crippen LogP contribution is 2.38. The molecule has 0 spiro atoms. The second-order valence-electron chi connectivity index (χ2n) is 8.80. The number of carbonyl (C=O) groups is 1. The number of hydrogen-bond acceptors (Lipinski definition) is 7. The second-order valence-corrected chi connectivity index (χ2v) is 9.83. The van der Waals surface area contributed by atoms with Crippen molar-refractivity contribution in [3.8, 4) is 5.75 Å². The van der Waals surface area contributed by atoms with Gasteiger partial charge in [0.2, 0.25) is 0 Å². The molecule has 0 radical (unpaired) electrons. The number of aldehydes is 1. The van der Waals surface area contributed by atoms with Gasteiger partial charge in [-0.05, 0) is 74.5 Å². The number of aromatic nitrogens is 1. The number of hydrogen-bond donors (Lipinski definition) is 1. The van der Waals surface area contributed by atoms with Crippen molar-refractivity contribution in [3.05, 3.63) is 16.1 Å². The van der Waals surface area contributed by atoms with Gasteiger partial charge in [0.15, 0.2) is 6.29 Å². The van der Waals surface area contributed by atoms with Gasteiger partial charge in [-0.3, -0.25) is 4.79 Å². The van der Waals surface area contributed by atoms with Crippen LogP contribution in [0.1, 0.15) is 74.3 Å². The van der Waals surface area contributed by atoms with Crippen LogP contribution in [-0.4, -0.2) is 55.6 Å². The van der Waals surface area contributed by atoms with Crippen LogP contribution in [0.25, 0.3) is 10.2 Å². The zero-order chi connectivity index (χ0) is 23.6. The van der Waals surface area contributed by atoms with Crippen molar-refractivity contribution in [2.45, 2.75) is 72.8 Å². The zero-order valence-corrected chi connectivity index (χ0v) is 21.4. The molecular formula is C24H41N3O3S. The Morgan fingerprint density at radius 1 is 1.16 bits per heavy atom. The molecule has 3 heterocycles. The molecule has 7 heteroatoms. The standard InChI is InChI=1S/C12H14N2O2S.C7H15N.C5H12O/c1-4-16-11-6(2)9-10(13)8(5-15)17-12(9)14-7(11)3;1-8-6-4-2-3-5-7-8;1-5(2,3)6-4/h5H,4,13H2,1-3H3;2-7H2,1H3;1-4H3. The van der Waals surface area contributed by atoms with Crippen LogP contribution in [0.15, 0.2) is 0 Å². The van der Waals surface area contributed by atoms with Crippen LogP contribution in [0, 0.1) is 13.8 Å². The van der Waals surface area contributed by atoms with Gasteiger partial charge in [0.05, 0.1) is 28.5 Å².